The number of nitrogens with zero attached hydrogens (tertiary/aromatic N) is 4. The fraction of sp³-hybridized carbons (Fsp3) is 0.385. The molecule has 2 aromatic carbocycles. The first-order valence-electron chi connectivity index (χ1n) is 11.7. The second kappa shape index (κ2) is 9.45. The number of anilines is 1. The van der Waals surface area contributed by atoms with Crippen molar-refractivity contribution in [3.8, 4) is 17.1 Å². The predicted molar refractivity (Wildman–Crippen MR) is 131 cm³/mol. The monoisotopic (exact) mass is 447 g/mol. The first-order valence-corrected chi connectivity index (χ1v) is 11.7. The fourth-order valence-corrected chi connectivity index (χ4v) is 4.81. The Morgan fingerprint density at radius 2 is 1.97 bits per heavy atom. The van der Waals surface area contributed by atoms with Gasteiger partial charge in [0.2, 0.25) is 0 Å². The van der Waals surface area contributed by atoms with Gasteiger partial charge in [-0.05, 0) is 43.6 Å². The highest BCUT2D eigenvalue weighted by Crippen LogP contribution is 2.37. The molecule has 1 N–H and O–H groups in total. The molecule has 2 aliphatic heterocycles. The van der Waals surface area contributed by atoms with E-state index in [1.54, 1.807) is 6.08 Å². The number of likely N-dealkylation sites (tertiary alicyclic amines) is 1. The van der Waals surface area contributed by atoms with E-state index in [0.29, 0.717) is 23.6 Å². The summed E-state index contributed by atoms with van der Waals surface area (Å²) >= 11 is 0. The second-order valence-corrected chi connectivity index (χ2v) is 8.78. The molecule has 33 heavy (non-hydrogen) atoms. The van der Waals surface area contributed by atoms with Gasteiger partial charge in [-0.3, -0.25) is 0 Å². The maximum absolute atomic E-state index is 16.1. The molecule has 7 heteroatoms. The molecule has 2 fully saturated rings. The molecular formula is C26H30FN5O. The van der Waals surface area contributed by atoms with E-state index >= 15 is 4.39 Å². The number of rotatable bonds is 6. The Kier molecular flexibility index (Phi) is 6.24. The number of nitrogens with one attached hydrogen (secondary N) is 1. The number of benzene rings is 2. The minimum absolute atomic E-state index is 0.237. The molecule has 0 saturated carbocycles. The number of aromatic nitrogens is 2. The molecule has 2 aliphatic rings. The minimum Gasteiger partial charge on any atom is -0.462 e. The molecule has 0 bridgehead atoms. The van der Waals surface area contributed by atoms with Crippen molar-refractivity contribution in [1.29, 1.82) is 0 Å². The van der Waals surface area contributed by atoms with E-state index in [2.05, 4.69) is 33.7 Å². The van der Waals surface area contributed by atoms with Gasteiger partial charge in [0.1, 0.15) is 17.9 Å². The number of hydrogen-bond acceptors (Lipinski definition) is 6. The standard InChI is InChI=1S/C26H30FN5O/c1-3-18-16-21-24(23(27)22(18)19-8-5-4-6-9-19)29-26(33-17-20-10-7-13-31(20)2)30-25(21)32-14-11-28-12-15-32/h3-6,8-9,16,20,28H,1,7,10-15,17H2,2H3/t20-/m0/s1. The Labute approximate surface area is 194 Å². The first-order chi connectivity index (χ1) is 16.2. The van der Waals surface area contributed by atoms with E-state index < -0.39 is 0 Å². The summed E-state index contributed by atoms with van der Waals surface area (Å²) in [5.74, 6) is 0.355. The summed E-state index contributed by atoms with van der Waals surface area (Å²) in [6, 6.07) is 12.1. The third-order valence-electron chi connectivity index (χ3n) is 6.70. The average molecular weight is 448 g/mol. The molecule has 3 heterocycles. The molecule has 6 nitrogen and oxygen atoms in total. The van der Waals surface area contributed by atoms with Crippen LogP contribution in [0.1, 0.15) is 18.4 Å². The summed E-state index contributed by atoms with van der Waals surface area (Å²) in [5, 5.41) is 4.06. The molecule has 0 amide bonds. The molecule has 0 unspecified atom stereocenters. The molecule has 3 aromatic rings. The number of fused-ring (bicyclic) bond motifs is 1. The van der Waals surface area contributed by atoms with Gasteiger partial charge in [-0.15, -0.1) is 0 Å². The predicted octanol–water partition coefficient (Wildman–Crippen LogP) is 3.96. The van der Waals surface area contributed by atoms with Crippen LogP contribution in [0.2, 0.25) is 0 Å². The lowest BCUT2D eigenvalue weighted by atomic mass is 9.96. The van der Waals surface area contributed by atoms with Gasteiger partial charge in [0.05, 0.1) is 0 Å². The van der Waals surface area contributed by atoms with E-state index in [4.69, 9.17) is 9.72 Å². The van der Waals surface area contributed by atoms with Gasteiger partial charge in [0, 0.05) is 43.2 Å². The van der Waals surface area contributed by atoms with E-state index in [-0.39, 0.29) is 17.3 Å². The minimum atomic E-state index is -0.366. The number of ether oxygens (including phenoxy) is 1. The Morgan fingerprint density at radius 1 is 1.18 bits per heavy atom. The number of halogens is 1. The van der Waals surface area contributed by atoms with Crippen molar-refractivity contribution < 1.29 is 9.13 Å². The Balaban J connectivity index is 1.63. The van der Waals surface area contributed by atoms with Crippen molar-refractivity contribution in [3.05, 3.63) is 54.4 Å². The first kappa shape index (κ1) is 21.8. The van der Waals surface area contributed by atoms with Crippen LogP contribution < -0.4 is 15.0 Å². The molecule has 1 atom stereocenters. The van der Waals surface area contributed by atoms with Crippen LogP contribution >= 0.6 is 0 Å². The highest BCUT2D eigenvalue weighted by Gasteiger charge is 2.25. The summed E-state index contributed by atoms with van der Waals surface area (Å²) in [7, 11) is 2.11. The van der Waals surface area contributed by atoms with Gasteiger partial charge < -0.3 is 19.9 Å². The topological polar surface area (TPSA) is 53.5 Å². The molecule has 0 aliphatic carbocycles. The third-order valence-corrected chi connectivity index (χ3v) is 6.70. The van der Waals surface area contributed by atoms with E-state index in [1.165, 1.54) is 0 Å². The van der Waals surface area contributed by atoms with Crippen molar-refractivity contribution in [2.45, 2.75) is 18.9 Å². The van der Waals surface area contributed by atoms with Gasteiger partial charge in [-0.25, -0.2) is 4.39 Å². The number of hydrogen-bond donors (Lipinski definition) is 1. The average Bonchev–Trinajstić information content (AvgIpc) is 3.28. The third kappa shape index (κ3) is 4.30. The van der Waals surface area contributed by atoms with Crippen LogP contribution in [0.4, 0.5) is 10.2 Å². The van der Waals surface area contributed by atoms with Crippen molar-refractivity contribution in [2.75, 3.05) is 51.3 Å². The Hall–Kier alpha value is -3.03. The van der Waals surface area contributed by atoms with Crippen LogP contribution in [-0.4, -0.2) is 67.3 Å². The maximum Gasteiger partial charge on any atom is 0.319 e. The van der Waals surface area contributed by atoms with Crippen molar-refractivity contribution in [2.24, 2.45) is 0 Å². The van der Waals surface area contributed by atoms with Gasteiger partial charge in [-0.2, -0.15) is 9.97 Å². The maximum atomic E-state index is 16.1. The lowest BCUT2D eigenvalue weighted by Crippen LogP contribution is -2.44. The van der Waals surface area contributed by atoms with Gasteiger partial charge in [0.15, 0.2) is 5.82 Å². The molecule has 0 radical (unpaired) electrons. The summed E-state index contributed by atoms with van der Waals surface area (Å²) in [6.45, 7) is 8.81. The zero-order valence-corrected chi connectivity index (χ0v) is 19.1. The number of piperazine rings is 1. The van der Waals surface area contributed by atoms with E-state index in [9.17, 15) is 0 Å². The van der Waals surface area contributed by atoms with E-state index in [0.717, 1.165) is 62.5 Å². The van der Waals surface area contributed by atoms with Gasteiger partial charge >= 0.3 is 6.01 Å². The zero-order valence-electron chi connectivity index (χ0n) is 19.1. The van der Waals surface area contributed by atoms with Crippen LogP contribution in [0.5, 0.6) is 6.01 Å². The molecule has 1 aromatic heterocycles. The quantitative estimate of drug-likeness (QED) is 0.617. The summed E-state index contributed by atoms with van der Waals surface area (Å²) in [4.78, 5) is 13.8. The van der Waals surface area contributed by atoms with Crippen LogP contribution in [0.3, 0.4) is 0 Å². The van der Waals surface area contributed by atoms with Gasteiger partial charge in [0.25, 0.3) is 0 Å². The van der Waals surface area contributed by atoms with Gasteiger partial charge in [-0.1, -0.05) is 43.0 Å². The second-order valence-electron chi connectivity index (χ2n) is 8.78. The lowest BCUT2D eigenvalue weighted by Gasteiger charge is -2.30. The van der Waals surface area contributed by atoms with Crippen molar-refractivity contribution in [1.82, 2.24) is 20.2 Å². The smallest absolute Gasteiger partial charge is 0.319 e. The van der Waals surface area contributed by atoms with Crippen LogP contribution in [0.25, 0.3) is 28.1 Å². The van der Waals surface area contributed by atoms with E-state index in [1.807, 2.05) is 36.4 Å². The summed E-state index contributed by atoms with van der Waals surface area (Å²) in [5.41, 5.74) is 2.32. The van der Waals surface area contributed by atoms with Crippen molar-refractivity contribution in [3.63, 3.8) is 0 Å². The molecule has 172 valence electrons. The summed E-state index contributed by atoms with van der Waals surface area (Å²) < 4.78 is 22.2. The lowest BCUT2D eigenvalue weighted by molar-refractivity contribution is 0.188. The Morgan fingerprint density at radius 3 is 2.67 bits per heavy atom. The highest BCUT2D eigenvalue weighted by molar-refractivity contribution is 5.97. The molecule has 0 spiro atoms. The van der Waals surface area contributed by atoms with Crippen molar-refractivity contribution >= 4 is 22.8 Å². The largest absolute Gasteiger partial charge is 0.462 e. The highest BCUT2D eigenvalue weighted by atomic mass is 19.1. The fourth-order valence-electron chi connectivity index (χ4n) is 4.81. The SMILES string of the molecule is C=Cc1cc2c(N3CCNCC3)nc(OC[C@@H]3CCCN3C)nc2c(F)c1-c1ccccc1. The van der Waals surface area contributed by atoms with Crippen LogP contribution in [0.15, 0.2) is 43.0 Å². The summed E-state index contributed by atoms with van der Waals surface area (Å²) in [6.07, 6.45) is 3.95. The molecule has 2 saturated heterocycles. The normalized spacial score (nSPS) is 19.2. The van der Waals surface area contributed by atoms with Crippen LogP contribution in [0, 0.1) is 5.82 Å². The number of likely N-dealkylation sites (N-methyl/N-ethyl adjacent to an activating group) is 1. The molecular weight excluding hydrogens is 417 g/mol. The molecule has 5 rings (SSSR count). The van der Waals surface area contributed by atoms with Crippen LogP contribution in [-0.2, 0) is 0 Å². The Bertz CT molecular complexity index is 1150. The zero-order chi connectivity index (χ0) is 22.8.